The first kappa shape index (κ1) is 12.8. The summed E-state index contributed by atoms with van der Waals surface area (Å²) in [5, 5.41) is 12.0. The monoisotopic (exact) mass is 285 g/mol. The average Bonchev–Trinajstić information content (AvgIpc) is 2.48. The minimum absolute atomic E-state index is 0.305. The molecule has 3 N–H and O–H groups in total. The zero-order chi connectivity index (χ0) is 14.1. The third-order valence-corrected chi connectivity index (χ3v) is 3.54. The third-order valence-electron chi connectivity index (χ3n) is 3.21. The second-order valence-corrected chi connectivity index (χ2v) is 4.82. The molecule has 2 aromatic heterocycles. The highest BCUT2D eigenvalue weighted by molar-refractivity contribution is 6.35. The van der Waals surface area contributed by atoms with Gasteiger partial charge in [0.25, 0.3) is 0 Å². The van der Waals surface area contributed by atoms with Crippen molar-refractivity contribution in [2.24, 2.45) is 0 Å². The van der Waals surface area contributed by atoms with E-state index in [4.69, 9.17) is 17.3 Å². The summed E-state index contributed by atoms with van der Waals surface area (Å²) in [7, 11) is 0. The molecule has 0 saturated carbocycles. The van der Waals surface area contributed by atoms with Crippen LogP contribution in [-0.4, -0.2) is 15.1 Å². The molecule has 3 rings (SSSR count). The first-order valence-corrected chi connectivity index (χ1v) is 6.48. The molecule has 20 heavy (non-hydrogen) atoms. The van der Waals surface area contributed by atoms with Crippen molar-refractivity contribution in [3.8, 4) is 0 Å². The first-order valence-electron chi connectivity index (χ1n) is 6.10. The van der Waals surface area contributed by atoms with Gasteiger partial charge in [-0.3, -0.25) is 4.98 Å². The first-order chi connectivity index (χ1) is 9.68. The van der Waals surface area contributed by atoms with Crippen molar-refractivity contribution in [3.63, 3.8) is 0 Å². The molecule has 1 aromatic carbocycles. The van der Waals surface area contributed by atoms with Crippen LogP contribution in [0, 0.1) is 0 Å². The summed E-state index contributed by atoms with van der Waals surface area (Å²) in [6.07, 6.45) is 2.36. The highest BCUT2D eigenvalue weighted by Gasteiger charge is 2.18. The van der Waals surface area contributed by atoms with Gasteiger partial charge in [-0.2, -0.15) is 0 Å². The molecule has 0 saturated heterocycles. The second-order valence-electron chi connectivity index (χ2n) is 4.42. The van der Waals surface area contributed by atoms with E-state index in [1.807, 2.05) is 12.1 Å². The number of rotatable bonds is 2. The van der Waals surface area contributed by atoms with Crippen molar-refractivity contribution in [3.05, 3.63) is 64.9 Å². The van der Waals surface area contributed by atoms with Crippen molar-refractivity contribution in [2.45, 2.75) is 6.10 Å². The molecular weight excluding hydrogens is 274 g/mol. The van der Waals surface area contributed by atoms with Crippen LogP contribution in [0.1, 0.15) is 17.2 Å². The van der Waals surface area contributed by atoms with Crippen LogP contribution in [0.5, 0.6) is 0 Å². The van der Waals surface area contributed by atoms with Crippen LogP contribution >= 0.6 is 11.6 Å². The lowest BCUT2D eigenvalue weighted by atomic mass is 9.99. The Morgan fingerprint density at radius 3 is 2.55 bits per heavy atom. The third kappa shape index (κ3) is 2.09. The maximum absolute atomic E-state index is 10.6. The van der Waals surface area contributed by atoms with Gasteiger partial charge >= 0.3 is 0 Å². The van der Waals surface area contributed by atoms with Crippen molar-refractivity contribution in [1.82, 2.24) is 9.97 Å². The van der Waals surface area contributed by atoms with Gasteiger partial charge in [0, 0.05) is 33.9 Å². The molecule has 2 heterocycles. The number of fused-ring (bicyclic) bond motifs is 1. The standard InChI is InChI=1S/C15H12ClN3O/c16-12-6-5-10(13-9(12)3-1-7-18-13)14(20)11-4-2-8-19-15(11)17/h1-8,14,20H,(H2,17,19). The van der Waals surface area contributed by atoms with E-state index in [2.05, 4.69) is 9.97 Å². The minimum Gasteiger partial charge on any atom is -0.383 e. The summed E-state index contributed by atoms with van der Waals surface area (Å²) in [6, 6.07) is 10.7. The van der Waals surface area contributed by atoms with E-state index in [1.165, 1.54) is 0 Å². The van der Waals surface area contributed by atoms with Crippen LogP contribution in [0.3, 0.4) is 0 Å². The molecule has 0 bridgehead atoms. The molecule has 1 atom stereocenters. The Balaban J connectivity index is 2.20. The molecule has 5 heteroatoms. The molecular formula is C15H12ClN3O. The van der Waals surface area contributed by atoms with Crippen molar-refractivity contribution < 1.29 is 5.11 Å². The average molecular weight is 286 g/mol. The quantitative estimate of drug-likeness (QED) is 0.759. The number of nitrogens with zero attached hydrogens (tertiary/aromatic N) is 2. The minimum atomic E-state index is -0.890. The fourth-order valence-corrected chi connectivity index (χ4v) is 2.42. The van der Waals surface area contributed by atoms with E-state index >= 15 is 0 Å². The highest BCUT2D eigenvalue weighted by Crippen LogP contribution is 2.32. The van der Waals surface area contributed by atoms with Crippen LogP contribution in [0.25, 0.3) is 10.9 Å². The van der Waals surface area contributed by atoms with Gasteiger partial charge in [0.1, 0.15) is 11.9 Å². The molecule has 0 aliphatic heterocycles. The number of hydrogen-bond donors (Lipinski definition) is 2. The number of anilines is 1. The molecule has 0 aliphatic carbocycles. The van der Waals surface area contributed by atoms with Crippen LogP contribution in [-0.2, 0) is 0 Å². The van der Waals surface area contributed by atoms with Gasteiger partial charge < -0.3 is 10.8 Å². The van der Waals surface area contributed by atoms with Crippen molar-refractivity contribution in [1.29, 1.82) is 0 Å². The lowest BCUT2D eigenvalue weighted by Gasteiger charge is -2.15. The molecule has 4 nitrogen and oxygen atoms in total. The zero-order valence-electron chi connectivity index (χ0n) is 10.5. The summed E-state index contributed by atoms with van der Waals surface area (Å²) in [4.78, 5) is 8.31. The van der Waals surface area contributed by atoms with Gasteiger partial charge in [-0.05, 0) is 24.3 Å². The summed E-state index contributed by atoms with van der Waals surface area (Å²) < 4.78 is 0. The van der Waals surface area contributed by atoms with E-state index in [-0.39, 0.29) is 0 Å². The fraction of sp³-hybridized carbons (Fsp3) is 0.0667. The van der Waals surface area contributed by atoms with Gasteiger partial charge in [-0.15, -0.1) is 0 Å². The zero-order valence-corrected chi connectivity index (χ0v) is 11.2. The predicted octanol–water partition coefficient (Wildman–Crippen LogP) is 2.95. The SMILES string of the molecule is Nc1ncccc1C(O)c1ccc(Cl)c2cccnc12. The van der Waals surface area contributed by atoms with Crippen molar-refractivity contribution in [2.75, 3.05) is 5.73 Å². The topological polar surface area (TPSA) is 72.0 Å². The fourth-order valence-electron chi connectivity index (χ4n) is 2.21. The Kier molecular flexibility index (Phi) is 3.26. The number of nitrogen functional groups attached to an aromatic ring is 1. The Hall–Kier alpha value is -2.17. The van der Waals surface area contributed by atoms with Gasteiger partial charge in [0.2, 0.25) is 0 Å². The predicted molar refractivity (Wildman–Crippen MR) is 79.5 cm³/mol. The lowest BCUT2D eigenvalue weighted by molar-refractivity contribution is 0.222. The highest BCUT2D eigenvalue weighted by atomic mass is 35.5. The number of hydrogen-bond acceptors (Lipinski definition) is 4. The second kappa shape index (κ2) is 5.07. The molecule has 3 aromatic rings. The largest absolute Gasteiger partial charge is 0.383 e. The van der Waals surface area contributed by atoms with E-state index in [0.717, 1.165) is 5.39 Å². The van der Waals surface area contributed by atoms with E-state index in [0.29, 0.717) is 27.5 Å². The molecule has 100 valence electrons. The van der Waals surface area contributed by atoms with Gasteiger partial charge in [0.15, 0.2) is 0 Å². The normalized spacial score (nSPS) is 12.5. The van der Waals surface area contributed by atoms with Gasteiger partial charge in [-0.1, -0.05) is 23.7 Å². The maximum atomic E-state index is 10.6. The van der Waals surface area contributed by atoms with Crippen LogP contribution in [0.2, 0.25) is 5.02 Å². The Morgan fingerprint density at radius 1 is 1.00 bits per heavy atom. The van der Waals surface area contributed by atoms with Crippen LogP contribution in [0.4, 0.5) is 5.82 Å². The Morgan fingerprint density at radius 2 is 1.75 bits per heavy atom. The summed E-state index contributed by atoms with van der Waals surface area (Å²) in [6.45, 7) is 0. The van der Waals surface area contributed by atoms with Crippen molar-refractivity contribution >= 4 is 28.3 Å². The smallest absolute Gasteiger partial charge is 0.129 e. The summed E-state index contributed by atoms with van der Waals surface area (Å²) in [5.74, 6) is 0.305. The number of nitrogens with two attached hydrogens (primary N) is 1. The Labute approximate surface area is 120 Å². The van der Waals surface area contributed by atoms with Crippen LogP contribution in [0.15, 0.2) is 48.8 Å². The molecule has 0 aliphatic rings. The van der Waals surface area contributed by atoms with Gasteiger partial charge in [0.05, 0.1) is 5.52 Å². The summed E-state index contributed by atoms with van der Waals surface area (Å²) >= 11 is 6.15. The van der Waals surface area contributed by atoms with E-state index in [1.54, 1.807) is 36.7 Å². The molecule has 0 radical (unpaired) electrons. The maximum Gasteiger partial charge on any atom is 0.129 e. The molecule has 1 unspecified atom stereocenters. The number of halogens is 1. The lowest BCUT2D eigenvalue weighted by Crippen LogP contribution is -2.06. The van der Waals surface area contributed by atoms with E-state index < -0.39 is 6.10 Å². The number of aliphatic hydroxyl groups excluding tert-OH is 1. The number of aromatic nitrogens is 2. The van der Waals surface area contributed by atoms with Gasteiger partial charge in [-0.25, -0.2) is 4.98 Å². The number of aliphatic hydroxyl groups is 1. The summed E-state index contributed by atoms with van der Waals surface area (Å²) in [5.41, 5.74) is 7.69. The molecule has 0 amide bonds. The molecule has 0 fully saturated rings. The molecule has 0 spiro atoms. The van der Waals surface area contributed by atoms with E-state index in [9.17, 15) is 5.11 Å². The van der Waals surface area contributed by atoms with Crippen LogP contribution < -0.4 is 5.73 Å². The number of benzene rings is 1. The Bertz CT molecular complexity index is 776. The number of pyridine rings is 2.